The Kier molecular flexibility index (Phi) is 5.85. The molecule has 152 valence electrons. The lowest BCUT2D eigenvalue weighted by molar-refractivity contribution is -0.157. The molecule has 6 heteroatoms. The van der Waals surface area contributed by atoms with E-state index in [0.29, 0.717) is 6.54 Å². The molecule has 0 radical (unpaired) electrons. The van der Waals surface area contributed by atoms with Crippen LogP contribution in [0.1, 0.15) is 56.4 Å². The third-order valence-corrected chi connectivity index (χ3v) is 6.79. The molecule has 1 aliphatic heterocycles. The van der Waals surface area contributed by atoms with Crippen molar-refractivity contribution in [3.05, 3.63) is 35.9 Å². The van der Waals surface area contributed by atoms with Gasteiger partial charge in [-0.2, -0.15) is 0 Å². The Labute approximate surface area is 166 Å². The summed E-state index contributed by atoms with van der Waals surface area (Å²) in [7, 11) is 0. The van der Waals surface area contributed by atoms with E-state index in [1.54, 1.807) is 0 Å². The number of carbonyl (C=O) groups is 2. The maximum absolute atomic E-state index is 13.0. The van der Waals surface area contributed by atoms with Crippen LogP contribution in [0.25, 0.3) is 0 Å². The van der Waals surface area contributed by atoms with Crippen LogP contribution >= 0.6 is 0 Å². The summed E-state index contributed by atoms with van der Waals surface area (Å²) in [6, 6.07) is 9.83. The molecule has 2 saturated carbocycles. The van der Waals surface area contributed by atoms with Crippen molar-refractivity contribution in [2.24, 2.45) is 5.92 Å². The molecule has 3 N–H and O–H groups in total. The molecule has 28 heavy (non-hydrogen) atoms. The molecule has 1 aromatic carbocycles. The highest BCUT2D eigenvalue weighted by Gasteiger charge is 2.52. The SMILES string of the molecule is O=C(NC[C@H]1[C@H](c2ccccc2)[C@H](CO)N1C(=O)C1CCC1)NC1CCCC1. The number of rotatable bonds is 6. The first-order valence-electron chi connectivity index (χ1n) is 10.7. The van der Waals surface area contributed by atoms with Gasteiger partial charge in [-0.1, -0.05) is 49.6 Å². The average molecular weight is 386 g/mol. The van der Waals surface area contributed by atoms with Crippen molar-refractivity contribution in [2.45, 2.75) is 69.0 Å². The molecule has 0 spiro atoms. The van der Waals surface area contributed by atoms with Crippen molar-refractivity contribution in [3.63, 3.8) is 0 Å². The Hall–Kier alpha value is -2.08. The first-order valence-corrected chi connectivity index (χ1v) is 10.7. The monoisotopic (exact) mass is 385 g/mol. The maximum atomic E-state index is 13.0. The van der Waals surface area contributed by atoms with Gasteiger partial charge in [0.2, 0.25) is 5.91 Å². The third kappa shape index (κ3) is 3.75. The summed E-state index contributed by atoms with van der Waals surface area (Å²) in [5.74, 6) is 0.267. The molecular weight excluding hydrogens is 354 g/mol. The maximum Gasteiger partial charge on any atom is 0.315 e. The normalized spacial score (nSPS) is 27.8. The molecule has 3 aliphatic rings. The lowest BCUT2D eigenvalue weighted by atomic mass is 9.72. The largest absolute Gasteiger partial charge is 0.394 e. The van der Waals surface area contributed by atoms with Crippen molar-refractivity contribution in [3.8, 4) is 0 Å². The second kappa shape index (κ2) is 8.52. The Balaban J connectivity index is 1.45. The number of aliphatic hydroxyl groups is 1. The van der Waals surface area contributed by atoms with Crippen molar-refractivity contribution < 1.29 is 14.7 Å². The predicted octanol–water partition coefficient (Wildman–Crippen LogP) is 2.38. The van der Waals surface area contributed by atoms with Gasteiger partial charge in [0.1, 0.15) is 0 Å². The third-order valence-electron chi connectivity index (χ3n) is 6.79. The van der Waals surface area contributed by atoms with Crippen LogP contribution in [0, 0.1) is 5.92 Å². The van der Waals surface area contributed by atoms with Gasteiger partial charge >= 0.3 is 6.03 Å². The van der Waals surface area contributed by atoms with E-state index in [9.17, 15) is 14.7 Å². The zero-order valence-corrected chi connectivity index (χ0v) is 16.3. The summed E-state index contributed by atoms with van der Waals surface area (Å²) in [6.45, 7) is 0.357. The summed E-state index contributed by atoms with van der Waals surface area (Å²) in [6.07, 6.45) is 7.40. The van der Waals surface area contributed by atoms with Crippen molar-refractivity contribution >= 4 is 11.9 Å². The van der Waals surface area contributed by atoms with E-state index >= 15 is 0 Å². The highest BCUT2D eigenvalue weighted by atomic mass is 16.3. The molecule has 2 aliphatic carbocycles. The topological polar surface area (TPSA) is 81.7 Å². The van der Waals surface area contributed by atoms with E-state index in [-0.39, 0.29) is 48.5 Å². The van der Waals surface area contributed by atoms with Gasteiger partial charge in [-0.05, 0) is 31.2 Å². The lowest BCUT2D eigenvalue weighted by Crippen LogP contribution is -2.70. The van der Waals surface area contributed by atoms with E-state index in [2.05, 4.69) is 10.6 Å². The van der Waals surface area contributed by atoms with Crippen LogP contribution < -0.4 is 10.6 Å². The molecule has 1 heterocycles. The molecule has 1 aromatic rings. The van der Waals surface area contributed by atoms with Crippen molar-refractivity contribution in [1.29, 1.82) is 0 Å². The van der Waals surface area contributed by atoms with Gasteiger partial charge in [-0.25, -0.2) is 4.79 Å². The minimum absolute atomic E-state index is 0.0435. The number of nitrogens with one attached hydrogen (secondary N) is 2. The van der Waals surface area contributed by atoms with Gasteiger partial charge in [0.25, 0.3) is 0 Å². The fourth-order valence-electron chi connectivity index (χ4n) is 4.99. The van der Waals surface area contributed by atoms with Gasteiger partial charge in [0.15, 0.2) is 0 Å². The number of likely N-dealkylation sites (tertiary alicyclic amines) is 1. The Bertz CT molecular complexity index is 686. The first-order chi connectivity index (χ1) is 13.7. The fraction of sp³-hybridized carbons (Fsp3) is 0.636. The molecule has 0 bridgehead atoms. The van der Waals surface area contributed by atoms with Crippen LogP contribution in [0.15, 0.2) is 30.3 Å². The smallest absolute Gasteiger partial charge is 0.315 e. The highest BCUT2D eigenvalue weighted by molar-refractivity contribution is 5.82. The lowest BCUT2D eigenvalue weighted by Gasteiger charge is -2.56. The van der Waals surface area contributed by atoms with E-state index in [4.69, 9.17) is 0 Å². The van der Waals surface area contributed by atoms with Crippen LogP contribution in [0.3, 0.4) is 0 Å². The number of amides is 3. The summed E-state index contributed by atoms with van der Waals surface area (Å²) >= 11 is 0. The van der Waals surface area contributed by atoms with E-state index < -0.39 is 0 Å². The standard InChI is InChI=1S/C22H31N3O3/c26-14-19-20(15-7-2-1-3-8-15)18(25(19)21(27)16-9-6-10-16)13-23-22(28)24-17-11-4-5-12-17/h1-3,7-8,16-20,26H,4-6,9-14H2,(H2,23,24,28)/t18-,19-,20-/m0/s1. The van der Waals surface area contributed by atoms with Crippen LogP contribution in [0.4, 0.5) is 4.79 Å². The number of hydrogen-bond donors (Lipinski definition) is 3. The van der Waals surface area contributed by atoms with Gasteiger partial charge < -0.3 is 20.6 Å². The molecule has 4 rings (SSSR count). The number of hydrogen-bond acceptors (Lipinski definition) is 3. The van der Waals surface area contributed by atoms with Gasteiger partial charge in [0, 0.05) is 24.4 Å². The summed E-state index contributed by atoms with van der Waals surface area (Å²) in [4.78, 5) is 27.2. The second-order valence-electron chi connectivity index (χ2n) is 8.46. The highest BCUT2D eigenvalue weighted by Crippen LogP contribution is 2.43. The minimum Gasteiger partial charge on any atom is -0.394 e. The molecule has 3 atom stereocenters. The van der Waals surface area contributed by atoms with Crippen LogP contribution in [-0.2, 0) is 4.79 Å². The first kappa shape index (κ1) is 19.2. The van der Waals surface area contributed by atoms with E-state index in [0.717, 1.165) is 37.7 Å². The van der Waals surface area contributed by atoms with Gasteiger partial charge in [-0.15, -0.1) is 0 Å². The molecule has 0 unspecified atom stereocenters. The average Bonchev–Trinajstić information content (AvgIpc) is 3.13. The van der Waals surface area contributed by atoms with Gasteiger partial charge in [-0.3, -0.25) is 4.79 Å². The number of urea groups is 1. The van der Waals surface area contributed by atoms with Crippen LogP contribution in [0.2, 0.25) is 0 Å². The summed E-state index contributed by atoms with van der Waals surface area (Å²) < 4.78 is 0. The Morgan fingerprint density at radius 3 is 2.32 bits per heavy atom. The minimum atomic E-state index is -0.208. The second-order valence-corrected chi connectivity index (χ2v) is 8.46. The van der Waals surface area contributed by atoms with Crippen molar-refractivity contribution in [2.75, 3.05) is 13.2 Å². The van der Waals surface area contributed by atoms with E-state index in [1.807, 2.05) is 35.2 Å². The van der Waals surface area contributed by atoms with Crippen LogP contribution in [-0.4, -0.2) is 53.2 Å². The Morgan fingerprint density at radius 1 is 1.00 bits per heavy atom. The molecule has 3 fully saturated rings. The van der Waals surface area contributed by atoms with Gasteiger partial charge in [0.05, 0.1) is 18.7 Å². The number of aliphatic hydroxyl groups excluding tert-OH is 1. The molecule has 3 amide bonds. The quantitative estimate of drug-likeness (QED) is 0.703. The molecule has 1 saturated heterocycles. The fourth-order valence-corrected chi connectivity index (χ4v) is 4.99. The van der Waals surface area contributed by atoms with Crippen LogP contribution in [0.5, 0.6) is 0 Å². The van der Waals surface area contributed by atoms with Crippen molar-refractivity contribution in [1.82, 2.24) is 15.5 Å². The number of nitrogens with zero attached hydrogens (tertiary/aromatic N) is 1. The molecular formula is C22H31N3O3. The Morgan fingerprint density at radius 2 is 1.71 bits per heavy atom. The summed E-state index contributed by atoms with van der Waals surface area (Å²) in [5, 5.41) is 16.0. The molecule has 6 nitrogen and oxygen atoms in total. The number of benzene rings is 1. The summed E-state index contributed by atoms with van der Waals surface area (Å²) in [5.41, 5.74) is 1.11. The molecule has 0 aromatic heterocycles. The van der Waals surface area contributed by atoms with E-state index in [1.165, 1.54) is 12.8 Å². The predicted molar refractivity (Wildman–Crippen MR) is 107 cm³/mol. The zero-order chi connectivity index (χ0) is 19.5. The zero-order valence-electron chi connectivity index (χ0n) is 16.3. The number of carbonyl (C=O) groups excluding carboxylic acids is 2.